The monoisotopic (exact) mass is 480 g/mol. The maximum absolute atomic E-state index is 12.2. The van der Waals surface area contributed by atoms with Gasteiger partial charge in [0.1, 0.15) is 6.10 Å². The minimum Gasteiger partial charge on any atom is -0.481 e. The van der Waals surface area contributed by atoms with Crippen LogP contribution in [-0.4, -0.2) is 23.1 Å². The molecule has 0 bridgehead atoms. The van der Waals surface area contributed by atoms with Crippen LogP contribution in [0.4, 0.5) is 0 Å². The van der Waals surface area contributed by atoms with E-state index in [1.54, 1.807) is 0 Å². The molecule has 4 nitrogen and oxygen atoms in total. The normalized spacial score (nSPS) is 12.3. The Balaban J connectivity index is 3.98. The van der Waals surface area contributed by atoms with Gasteiger partial charge in [-0.3, -0.25) is 9.59 Å². The van der Waals surface area contributed by atoms with E-state index in [1.165, 1.54) is 57.8 Å². The molecule has 34 heavy (non-hydrogen) atoms. The maximum atomic E-state index is 12.2. The molecule has 200 valence electrons. The summed E-state index contributed by atoms with van der Waals surface area (Å²) >= 11 is 0. The lowest BCUT2D eigenvalue weighted by Crippen LogP contribution is -2.18. The van der Waals surface area contributed by atoms with E-state index in [-0.39, 0.29) is 18.5 Å². The molecule has 0 saturated heterocycles. The minimum atomic E-state index is -0.707. The summed E-state index contributed by atoms with van der Waals surface area (Å²) in [7, 11) is 0. The summed E-state index contributed by atoms with van der Waals surface area (Å²) in [4.78, 5) is 22.8. The highest BCUT2D eigenvalue weighted by atomic mass is 16.5. The van der Waals surface area contributed by atoms with Crippen LogP contribution in [0, 0.1) is 0 Å². The lowest BCUT2D eigenvalue weighted by molar-refractivity contribution is -0.150. The first-order valence-electron chi connectivity index (χ1n) is 14.7. The number of carboxylic acids is 1. The molecule has 0 aliphatic heterocycles. The van der Waals surface area contributed by atoms with E-state index in [4.69, 9.17) is 9.84 Å². The van der Waals surface area contributed by atoms with Crippen molar-refractivity contribution in [2.45, 2.75) is 168 Å². The number of carbonyl (C=O) groups excluding carboxylic acids is 1. The van der Waals surface area contributed by atoms with Gasteiger partial charge in [0.05, 0.1) is 0 Å². The standard InChI is InChI=1S/C30H56O4/c1-3-5-7-8-9-10-11-12-13-14-15-17-21-24-28(34-30(33)27-20-6-4-2)25-22-18-16-19-23-26-29(31)32/h14-15,28H,3-13,16-27H2,1-2H3,(H,31,32)/b15-14-. The van der Waals surface area contributed by atoms with E-state index >= 15 is 0 Å². The van der Waals surface area contributed by atoms with Crippen molar-refractivity contribution in [2.75, 3.05) is 0 Å². The first-order chi connectivity index (χ1) is 16.6. The molecule has 0 saturated carbocycles. The van der Waals surface area contributed by atoms with Crippen molar-refractivity contribution in [2.24, 2.45) is 0 Å². The Morgan fingerprint density at radius 3 is 1.74 bits per heavy atom. The van der Waals surface area contributed by atoms with Crippen LogP contribution in [0.2, 0.25) is 0 Å². The Morgan fingerprint density at radius 2 is 1.09 bits per heavy atom. The van der Waals surface area contributed by atoms with Gasteiger partial charge < -0.3 is 9.84 Å². The molecular weight excluding hydrogens is 424 g/mol. The number of carbonyl (C=O) groups is 2. The molecule has 0 spiro atoms. The number of rotatable bonds is 26. The first kappa shape index (κ1) is 32.7. The van der Waals surface area contributed by atoms with Crippen molar-refractivity contribution in [1.82, 2.24) is 0 Å². The molecule has 0 fully saturated rings. The number of ether oxygens (including phenoxy) is 1. The molecule has 0 aliphatic rings. The number of allylic oxidation sites excluding steroid dienone is 2. The summed E-state index contributed by atoms with van der Waals surface area (Å²) in [5, 5.41) is 8.71. The van der Waals surface area contributed by atoms with E-state index in [0.29, 0.717) is 6.42 Å². The van der Waals surface area contributed by atoms with Crippen molar-refractivity contribution in [1.29, 1.82) is 0 Å². The van der Waals surface area contributed by atoms with Gasteiger partial charge in [0, 0.05) is 12.8 Å². The summed E-state index contributed by atoms with van der Waals surface area (Å²) in [5.74, 6) is -0.743. The summed E-state index contributed by atoms with van der Waals surface area (Å²) in [6, 6.07) is 0. The Morgan fingerprint density at radius 1 is 0.618 bits per heavy atom. The number of aliphatic carboxylic acids is 1. The molecule has 0 aromatic heterocycles. The minimum absolute atomic E-state index is 0.0363. The largest absolute Gasteiger partial charge is 0.481 e. The van der Waals surface area contributed by atoms with Gasteiger partial charge in [-0.1, -0.05) is 103 Å². The fourth-order valence-corrected chi connectivity index (χ4v) is 4.30. The second kappa shape index (κ2) is 26.3. The predicted octanol–water partition coefficient (Wildman–Crippen LogP) is 9.55. The van der Waals surface area contributed by atoms with Gasteiger partial charge in [-0.2, -0.15) is 0 Å². The zero-order valence-electron chi connectivity index (χ0n) is 22.7. The quantitative estimate of drug-likeness (QED) is 0.0760. The molecule has 1 atom stereocenters. The third-order valence-corrected chi connectivity index (χ3v) is 6.49. The smallest absolute Gasteiger partial charge is 0.306 e. The van der Waals surface area contributed by atoms with Crippen molar-refractivity contribution in [3.63, 3.8) is 0 Å². The molecule has 1 N–H and O–H groups in total. The SMILES string of the molecule is CCCCCCCCCC/C=C\CCCC(CCCCCCCC(=O)O)OC(=O)CCCCC. The van der Waals surface area contributed by atoms with Crippen LogP contribution < -0.4 is 0 Å². The number of esters is 1. The van der Waals surface area contributed by atoms with Gasteiger partial charge in [-0.25, -0.2) is 0 Å². The third-order valence-electron chi connectivity index (χ3n) is 6.49. The molecule has 1 unspecified atom stereocenters. The van der Waals surface area contributed by atoms with Crippen LogP contribution >= 0.6 is 0 Å². The molecule has 0 heterocycles. The maximum Gasteiger partial charge on any atom is 0.306 e. The van der Waals surface area contributed by atoms with Crippen molar-refractivity contribution in [3.8, 4) is 0 Å². The predicted molar refractivity (Wildman–Crippen MR) is 144 cm³/mol. The fourth-order valence-electron chi connectivity index (χ4n) is 4.30. The Labute approximate surface area is 211 Å². The van der Waals surface area contributed by atoms with Gasteiger partial charge in [0.2, 0.25) is 0 Å². The summed E-state index contributed by atoms with van der Waals surface area (Å²) < 4.78 is 5.82. The topological polar surface area (TPSA) is 63.6 Å². The molecule has 0 aliphatic carbocycles. The van der Waals surface area contributed by atoms with E-state index in [0.717, 1.165) is 77.0 Å². The van der Waals surface area contributed by atoms with Crippen LogP contribution in [0.25, 0.3) is 0 Å². The average molecular weight is 481 g/mol. The van der Waals surface area contributed by atoms with Crippen LogP contribution in [-0.2, 0) is 14.3 Å². The Bertz CT molecular complexity index is 486. The van der Waals surface area contributed by atoms with Gasteiger partial charge >= 0.3 is 11.9 Å². The van der Waals surface area contributed by atoms with Crippen LogP contribution in [0.1, 0.15) is 162 Å². The molecular formula is C30H56O4. The highest BCUT2D eigenvalue weighted by molar-refractivity contribution is 5.69. The molecule has 0 rings (SSSR count). The summed E-state index contributed by atoms with van der Waals surface area (Å²) in [6.45, 7) is 4.41. The van der Waals surface area contributed by atoms with Gasteiger partial charge in [0.25, 0.3) is 0 Å². The average Bonchev–Trinajstić information content (AvgIpc) is 2.81. The lowest BCUT2D eigenvalue weighted by Gasteiger charge is -2.18. The number of carboxylic acid groups (broad SMARTS) is 1. The first-order valence-corrected chi connectivity index (χ1v) is 14.7. The van der Waals surface area contributed by atoms with Crippen molar-refractivity contribution in [3.05, 3.63) is 12.2 Å². The number of hydrogen-bond acceptors (Lipinski definition) is 3. The molecule has 0 aromatic carbocycles. The van der Waals surface area contributed by atoms with E-state index < -0.39 is 5.97 Å². The molecule has 0 aromatic rings. The molecule has 0 radical (unpaired) electrons. The summed E-state index contributed by atoms with van der Waals surface area (Å²) in [5.41, 5.74) is 0. The van der Waals surface area contributed by atoms with Crippen molar-refractivity contribution >= 4 is 11.9 Å². The van der Waals surface area contributed by atoms with Gasteiger partial charge in [-0.05, 0) is 57.8 Å². The van der Waals surface area contributed by atoms with Crippen molar-refractivity contribution < 1.29 is 19.4 Å². The number of unbranched alkanes of at least 4 members (excludes halogenated alkanes) is 15. The summed E-state index contributed by atoms with van der Waals surface area (Å²) in [6.07, 6.45) is 29.7. The van der Waals surface area contributed by atoms with Gasteiger partial charge in [0.15, 0.2) is 0 Å². The third kappa shape index (κ3) is 25.3. The Kier molecular flexibility index (Phi) is 25.3. The van der Waals surface area contributed by atoms with Crippen LogP contribution in [0.5, 0.6) is 0 Å². The zero-order valence-corrected chi connectivity index (χ0v) is 22.7. The lowest BCUT2D eigenvalue weighted by atomic mass is 10.0. The Hall–Kier alpha value is -1.32. The van der Waals surface area contributed by atoms with E-state index in [2.05, 4.69) is 26.0 Å². The highest BCUT2D eigenvalue weighted by Crippen LogP contribution is 2.17. The van der Waals surface area contributed by atoms with Crippen LogP contribution in [0.15, 0.2) is 12.2 Å². The van der Waals surface area contributed by atoms with Crippen LogP contribution in [0.3, 0.4) is 0 Å². The highest BCUT2D eigenvalue weighted by Gasteiger charge is 2.14. The van der Waals surface area contributed by atoms with E-state index in [1.807, 2.05) is 0 Å². The second-order valence-corrected chi connectivity index (χ2v) is 9.94. The molecule has 4 heteroatoms. The number of hydrogen-bond donors (Lipinski definition) is 1. The molecule has 0 amide bonds. The van der Waals surface area contributed by atoms with E-state index in [9.17, 15) is 9.59 Å². The zero-order chi connectivity index (χ0) is 25.1. The second-order valence-electron chi connectivity index (χ2n) is 9.94. The van der Waals surface area contributed by atoms with Gasteiger partial charge in [-0.15, -0.1) is 0 Å². The fraction of sp³-hybridized carbons (Fsp3) is 0.867.